The van der Waals surface area contributed by atoms with E-state index >= 15 is 0 Å². The first-order valence-electron chi connectivity index (χ1n) is 8.76. The maximum atomic E-state index is 10.3. The van der Waals surface area contributed by atoms with Gasteiger partial charge in [-0.05, 0) is 24.0 Å². The second-order valence-electron chi connectivity index (χ2n) is 6.65. The monoisotopic (exact) mass is 308 g/mol. The molecule has 124 valence electrons. The van der Waals surface area contributed by atoms with Crippen molar-refractivity contribution in [1.29, 1.82) is 0 Å². The maximum Gasteiger partial charge on any atom is 0.117 e. The van der Waals surface area contributed by atoms with Crippen LogP contribution in [0.3, 0.4) is 0 Å². The largest absolute Gasteiger partial charge is 0.386 e. The van der Waals surface area contributed by atoms with Crippen molar-refractivity contribution in [2.45, 2.75) is 82.4 Å². The molecule has 1 saturated heterocycles. The predicted molar refractivity (Wildman–Crippen MR) is 84.6 cm³/mol. The Labute approximate surface area is 132 Å². The van der Waals surface area contributed by atoms with E-state index in [9.17, 15) is 10.2 Å². The molecule has 0 aromatic heterocycles. The summed E-state index contributed by atoms with van der Waals surface area (Å²) in [6.45, 7) is 2.64. The third-order valence-corrected chi connectivity index (χ3v) is 4.99. The first-order valence-corrected chi connectivity index (χ1v) is 8.76. The third kappa shape index (κ3) is 3.30. The fourth-order valence-electron chi connectivity index (χ4n) is 3.59. The van der Waals surface area contributed by atoms with Crippen molar-refractivity contribution in [3.05, 3.63) is 23.3 Å². The Morgan fingerprint density at radius 3 is 2.59 bits per heavy atom. The normalized spacial score (nSPS) is 36.8. The third-order valence-electron chi connectivity index (χ3n) is 4.99. The van der Waals surface area contributed by atoms with Gasteiger partial charge in [0.15, 0.2) is 0 Å². The number of allylic oxidation sites excluding steroid dienone is 1. The van der Waals surface area contributed by atoms with Crippen molar-refractivity contribution >= 4 is 0 Å². The van der Waals surface area contributed by atoms with E-state index in [-0.39, 0.29) is 18.3 Å². The molecule has 1 aliphatic carbocycles. The molecule has 3 aliphatic rings. The van der Waals surface area contributed by atoms with Gasteiger partial charge in [-0.25, -0.2) is 0 Å². The second-order valence-corrected chi connectivity index (χ2v) is 6.65. The van der Waals surface area contributed by atoms with E-state index in [0.29, 0.717) is 6.61 Å². The van der Waals surface area contributed by atoms with Crippen molar-refractivity contribution in [1.82, 2.24) is 0 Å². The lowest BCUT2D eigenvalue weighted by molar-refractivity contribution is 0.109. The van der Waals surface area contributed by atoms with Crippen molar-refractivity contribution in [3.8, 4) is 0 Å². The molecule has 0 saturated carbocycles. The molecule has 3 rings (SSSR count). The summed E-state index contributed by atoms with van der Waals surface area (Å²) in [6.07, 6.45) is 11.2. The molecule has 22 heavy (non-hydrogen) atoms. The van der Waals surface area contributed by atoms with Crippen LogP contribution in [-0.2, 0) is 9.47 Å². The molecular formula is C18H28O4. The zero-order valence-corrected chi connectivity index (χ0v) is 13.4. The van der Waals surface area contributed by atoms with Crippen LogP contribution in [0.5, 0.6) is 0 Å². The lowest BCUT2D eigenvalue weighted by Gasteiger charge is -2.21. The Balaban J connectivity index is 1.44. The highest BCUT2D eigenvalue weighted by Gasteiger charge is 2.57. The van der Waals surface area contributed by atoms with E-state index in [1.165, 1.54) is 38.5 Å². The number of epoxide rings is 1. The second kappa shape index (κ2) is 7.26. The summed E-state index contributed by atoms with van der Waals surface area (Å²) in [4.78, 5) is 0. The average Bonchev–Trinajstić information content (AvgIpc) is 3.21. The van der Waals surface area contributed by atoms with Crippen molar-refractivity contribution in [3.63, 3.8) is 0 Å². The molecule has 1 fully saturated rings. The van der Waals surface area contributed by atoms with E-state index in [1.807, 2.05) is 6.08 Å². The lowest BCUT2D eigenvalue weighted by atomic mass is 9.86. The molecule has 0 amide bonds. The molecule has 0 spiro atoms. The molecule has 4 nitrogen and oxygen atoms in total. The standard InChI is InChI=1S/C18H28O4/c1-2-3-4-5-6-7-8-9-10-13-14-12(11-21-13)15(19)17-18(22-17)16(14)20/h9-10,13,15-20H,2-8,11H2,1H3/b10-9+/t13-,15-,16-,17+,18-/m1/s1. The van der Waals surface area contributed by atoms with Crippen LogP contribution in [0.15, 0.2) is 23.3 Å². The summed E-state index contributed by atoms with van der Waals surface area (Å²) in [5.74, 6) is 0. The van der Waals surface area contributed by atoms with Gasteiger partial charge >= 0.3 is 0 Å². The fourth-order valence-corrected chi connectivity index (χ4v) is 3.59. The number of rotatable bonds is 8. The number of fused-ring (bicyclic) bond motifs is 1. The summed E-state index contributed by atoms with van der Waals surface area (Å²) in [7, 11) is 0. The molecule has 0 unspecified atom stereocenters. The SMILES string of the molecule is CCCCCCCC/C=C/[C@H]1OCC2=C1[C@@H](O)[C@H]1O[C@H]1[C@@H]2O. The van der Waals surface area contributed by atoms with E-state index in [2.05, 4.69) is 13.0 Å². The molecule has 0 bridgehead atoms. The van der Waals surface area contributed by atoms with Crippen molar-refractivity contribution < 1.29 is 19.7 Å². The van der Waals surface area contributed by atoms with Gasteiger partial charge in [0.2, 0.25) is 0 Å². The van der Waals surface area contributed by atoms with Gasteiger partial charge in [-0.15, -0.1) is 0 Å². The Hall–Kier alpha value is -0.680. The molecule has 2 heterocycles. The zero-order valence-electron chi connectivity index (χ0n) is 13.4. The summed E-state index contributed by atoms with van der Waals surface area (Å²) >= 11 is 0. The Morgan fingerprint density at radius 1 is 1.05 bits per heavy atom. The van der Waals surface area contributed by atoms with Crippen LogP contribution < -0.4 is 0 Å². The number of aliphatic hydroxyl groups excluding tert-OH is 2. The molecule has 2 N–H and O–H groups in total. The highest BCUT2D eigenvalue weighted by Crippen LogP contribution is 2.44. The van der Waals surface area contributed by atoms with E-state index in [1.54, 1.807) is 0 Å². The van der Waals surface area contributed by atoms with Crippen LogP contribution in [0.2, 0.25) is 0 Å². The topological polar surface area (TPSA) is 62.2 Å². The van der Waals surface area contributed by atoms with E-state index < -0.39 is 12.2 Å². The molecular weight excluding hydrogens is 280 g/mol. The van der Waals surface area contributed by atoms with Gasteiger partial charge in [0.05, 0.1) is 6.61 Å². The molecule has 0 aromatic rings. The molecule has 5 atom stereocenters. The maximum absolute atomic E-state index is 10.3. The van der Waals surface area contributed by atoms with Crippen LogP contribution in [-0.4, -0.2) is 47.3 Å². The smallest absolute Gasteiger partial charge is 0.117 e. The molecule has 0 radical (unpaired) electrons. The van der Waals surface area contributed by atoms with E-state index in [0.717, 1.165) is 17.6 Å². The van der Waals surface area contributed by atoms with Gasteiger partial charge in [-0.2, -0.15) is 0 Å². The van der Waals surface area contributed by atoms with Crippen molar-refractivity contribution in [2.24, 2.45) is 0 Å². The molecule has 4 heteroatoms. The number of unbranched alkanes of at least 4 members (excludes halogenated alkanes) is 6. The zero-order chi connectivity index (χ0) is 15.5. The van der Waals surface area contributed by atoms with Crippen LogP contribution in [0.25, 0.3) is 0 Å². The quantitative estimate of drug-likeness (QED) is 0.411. The predicted octanol–water partition coefficient (Wildman–Crippen LogP) is 2.49. The van der Waals surface area contributed by atoms with E-state index in [4.69, 9.17) is 9.47 Å². The Kier molecular flexibility index (Phi) is 5.34. The highest BCUT2D eigenvalue weighted by molar-refractivity contribution is 5.40. The first kappa shape index (κ1) is 16.2. The summed E-state index contributed by atoms with van der Waals surface area (Å²) in [6, 6.07) is 0. The van der Waals surface area contributed by atoms with Gasteiger partial charge in [0, 0.05) is 0 Å². The summed E-state index contributed by atoms with van der Waals surface area (Å²) < 4.78 is 11.1. The summed E-state index contributed by atoms with van der Waals surface area (Å²) in [5.41, 5.74) is 1.67. The van der Waals surface area contributed by atoms with Crippen LogP contribution in [0.4, 0.5) is 0 Å². The number of hydrogen-bond acceptors (Lipinski definition) is 4. The van der Waals surface area contributed by atoms with Crippen LogP contribution in [0.1, 0.15) is 51.9 Å². The van der Waals surface area contributed by atoms with Crippen molar-refractivity contribution in [2.75, 3.05) is 6.61 Å². The van der Waals surface area contributed by atoms with Gasteiger partial charge in [-0.3, -0.25) is 0 Å². The molecule has 0 aromatic carbocycles. The lowest BCUT2D eigenvalue weighted by Crippen LogP contribution is -2.35. The number of aliphatic hydroxyl groups is 2. The molecule has 2 aliphatic heterocycles. The summed E-state index contributed by atoms with van der Waals surface area (Å²) in [5, 5.41) is 20.4. The van der Waals surface area contributed by atoms with Gasteiger partial charge in [-0.1, -0.05) is 51.2 Å². The minimum Gasteiger partial charge on any atom is -0.386 e. The Bertz CT molecular complexity index is 442. The van der Waals surface area contributed by atoms with Crippen LogP contribution in [0, 0.1) is 0 Å². The fraction of sp³-hybridized carbons (Fsp3) is 0.778. The average molecular weight is 308 g/mol. The Morgan fingerprint density at radius 2 is 1.77 bits per heavy atom. The first-order chi connectivity index (χ1) is 10.7. The van der Waals surface area contributed by atoms with Crippen LogP contribution >= 0.6 is 0 Å². The number of hydrogen-bond donors (Lipinski definition) is 2. The highest BCUT2D eigenvalue weighted by atomic mass is 16.6. The van der Waals surface area contributed by atoms with Gasteiger partial charge in [0.25, 0.3) is 0 Å². The minimum atomic E-state index is -0.616. The number of ether oxygens (including phenoxy) is 2. The van der Waals surface area contributed by atoms with Gasteiger partial charge < -0.3 is 19.7 Å². The minimum absolute atomic E-state index is 0.190. The van der Waals surface area contributed by atoms with Gasteiger partial charge in [0.1, 0.15) is 30.5 Å².